The fraction of sp³-hybridized carbons (Fsp3) is 1.00. The van der Waals surface area contributed by atoms with E-state index in [0.717, 1.165) is 17.5 Å². The third-order valence-corrected chi connectivity index (χ3v) is 5.07. The summed E-state index contributed by atoms with van der Waals surface area (Å²) in [6.45, 7) is 4.60. The molecule has 0 bridgehead atoms. The molecule has 2 atom stereocenters. The average Bonchev–Trinajstić information content (AvgIpc) is 2.51. The zero-order chi connectivity index (χ0) is 9.41. The van der Waals surface area contributed by atoms with E-state index >= 15 is 0 Å². The highest BCUT2D eigenvalue weighted by Crippen LogP contribution is 2.66. The number of hydrogen-bond donors (Lipinski definition) is 0. The van der Waals surface area contributed by atoms with Crippen LogP contribution in [-0.4, -0.2) is 21.5 Å². The fourth-order valence-electron chi connectivity index (χ4n) is 1.86. The highest BCUT2D eigenvalue weighted by atomic mass is 79.9. The first-order chi connectivity index (χ1) is 5.43. The quantitative estimate of drug-likeness (QED) is 0.704. The zero-order valence-corrected chi connectivity index (χ0v) is 10.4. The van der Waals surface area contributed by atoms with Crippen LogP contribution < -0.4 is 0 Å². The Morgan fingerprint density at radius 2 is 2.00 bits per heavy atom. The highest BCUT2D eigenvalue weighted by Gasteiger charge is 2.59. The van der Waals surface area contributed by atoms with Gasteiger partial charge in [-0.15, -0.1) is 0 Å². The summed E-state index contributed by atoms with van der Waals surface area (Å²) in [6, 6.07) is 0. The van der Waals surface area contributed by atoms with E-state index in [1.807, 2.05) is 0 Å². The van der Waals surface area contributed by atoms with Crippen molar-refractivity contribution < 1.29 is 4.21 Å². The molecule has 72 valence electrons. The second-order valence-corrected chi connectivity index (χ2v) is 6.62. The van der Waals surface area contributed by atoms with Gasteiger partial charge in [-0.3, -0.25) is 4.21 Å². The van der Waals surface area contributed by atoms with Gasteiger partial charge in [0.1, 0.15) is 0 Å². The molecule has 3 heteroatoms. The SMILES string of the molecule is CS(=O)CCC1(CBr)CC1(C)C. The second-order valence-electron chi connectivity index (χ2n) is 4.50. The van der Waals surface area contributed by atoms with Gasteiger partial charge in [0, 0.05) is 28.1 Å². The van der Waals surface area contributed by atoms with E-state index in [0.29, 0.717) is 10.8 Å². The van der Waals surface area contributed by atoms with E-state index in [4.69, 9.17) is 0 Å². The lowest BCUT2D eigenvalue weighted by Gasteiger charge is -2.16. The zero-order valence-electron chi connectivity index (χ0n) is 8.02. The van der Waals surface area contributed by atoms with Crippen molar-refractivity contribution in [2.75, 3.05) is 17.3 Å². The third kappa shape index (κ3) is 1.92. The van der Waals surface area contributed by atoms with Gasteiger partial charge < -0.3 is 0 Å². The van der Waals surface area contributed by atoms with Gasteiger partial charge in [-0.25, -0.2) is 0 Å². The summed E-state index contributed by atoms with van der Waals surface area (Å²) in [5, 5.41) is 1.06. The molecule has 1 rings (SSSR count). The Kier molecular flexibility index (Phi) is 3.04. The Hall–Kier alpha value is 0.630. The van der Waals surface area contributed by atoms with Gasteiger partial charge in [-0.2, -0.15) is 0 Å². The van der Waals surface area contributed by atoms with Crippen molar-refractivity contribution in [3.8, 4) is 0 Å². The molecule has 0 amide bonds. The highest BCUT2D eigenvalue weighted by molar-refractivity contribution is 9.09. The van der Waals surface area contributed by atoms with Crippen LogP contribution in [0.2, 0.25) is 0 Å². The smallest absolute Gasteiger partial charge is 0.0237 e. The van der Waals surface area contributed by atoms with Crippen LogP contribution in [0.1, 0.15) is 26.7 Å². The van der Waals surface area contributed by atoms with E-state index in [-0.39, 0.29) is 0 Å². The normalized spacial score (nSPS) is 34.7. The van der Waals surface area contributed by atoms with Crippen molar-refractivity contribution in [2.24, 2.45) is 10.8 Å². The molecule has 12 heavy (non-hydrogen) atoms. The van der Waals surface area contributed by atoms with E-state index in [1.54, 1.807) is 6.26 Å². The molecule has 0 heterocycles. The Morgan fingerprint density at radius 1 is 1.50 bits per heavy atom. The molecule has 0 aromatic carbocycles. The molecule has 0 aliphatic heterocycles. The molecule has 1 aliphatic carbocycles. The van der Waals surface area contributed by atoms with Gasteiger partial charge in [0.25, 0.3) is 0 Å². The molecule has 0 N–H and O–H groups in total. The first-order valence-corrected chi connectivity index (χ1v) is 7.14. The van der Waals surface area contributed by atoms with Gasteiger partial charge in [0.2, 0.25) is 0 Å². The van der Waals surface area contributed by atoms with Crippen LogP contribution in [0, 0.1) is 10.8 Å². The van der Waals surface area contributed by atoms with Crippen molar-refractivity contribution in [2.45, 2.75) is 26.7 Å². The standard InChI is InChI=1S/C9H17BrOS/c1-8(2)6-9(8,7-10)4-5-12(3)11/h4-7H2,1-3H3. The van der Waals surface area contributed by atoms with Crippen LogP contribution >= 0.6 is 15.9 Å². The first kappa shape index (κ1) is 10.7. The summed E-state index contributed by atoms with van der Waals surface area (Å²) in [5.74, 6) is 0.856. The van der Waals surface area contributed by atoms with Crippen LogP contribution in [0.4, 0.5) is 0 Å². The maximum atomic E-state index is 10.9. The number of hydrogen-bond acceptors (Lipinski definition) is 1. The van der Waals surface area contributed by atoms with E-state index in [9.17, 15) is 4.21 Å². The predicted molar refractivity (Wildman–Crippen MR) is 58.2 cm³/mol. The molecule has 1 fully saturated rings. The second kappa shape index (κ2) is 3.41. The minimum absolute atomic E-state index is 0.443. The Labute approximate surface area is 85.9 Å². The van der Waals surface area contributed by atoms with Crippen molar-refractivity contribution in [3.05, 3.63) is 0 Å². The molecular weight excluding hydrogens is 236 g/mol. The summed E-state index contributed by atoms with van der Waals surface area (Å²) in [6.07, 6.45) is 4.17. The van der Waals surface area contributed by atoms with Crippen LogP contribution in [0.5, 0.6) is 0 Å². The van der Waals surface area contributed by atoms with Crippen LogP contribution in [0.25, 0.3) is 0 Å². The Morgan fingerprint density at radius 3 is 2.25 bits per heavy atom. The largest absolute Gasteiger partial charge is 0.260 e. The van der Waals surface area contributed by atoms with Crippen LogP contribution in [0.15, 0.2) is 0 Å². The summed E-state index contributed by atoms with van der Waals surface area (Å²) >= 11 is 3.56. The Bertz CT molecular complexity index is 203. The number of rotatable bonds is 4. The molecule has 1 saturated carbocycles. The van der Waals surface area contributed by atoms with Gasteiger partial charge in [0.15, 0.2) is 0 Å². The lowest BCUT2D eigenvalue weighted by molar-refractivity contribution is 0.418. The van der Waals surface area contributed by atoms with Crippen LogP contribution in [0.3, 0.4) is 0 Å². The van der Waals surface area contributed by atoms with Crippen molar-refractivity contribution in [1.29, 1.82) is 0 Å². The fourth-order valence-corrected chi connectivity index (χ4v) is 3.78. The summed E-state index contributed by atoms with van der Waals surface area (Å²) in [5.41, 5.74) is 0.911. The Balaban J connectivity index is 2.45. The lowest BCUT2D eigenvalue weighted by atomic mass is 9.95. The van der Waals surface area contributed by atoms with E-state index < -0.39 is 10.8 Å². The molecule has 0 saturated heterocycles. The summed E-state index contributed by atoms with van der Waals surface area (Å²) in [7, 11) is -0.628. The van der Waals surface area contributed by atoms with Crippen molar-refractivity contribution >= 4 is 26.7 Å². The van der Waals surface area contributed by atoms with E-state index in [2.05, 4.69) is 29.8 Å². The maximum absolute atomic E-state index is 10.9. The molecule has 2 unspecified atom stereocenters. The monoisotopic (exact) mass is 252 g/mol. The summed E-state index contributed by atoms with van der Waals surface area (Å²) < 4.78 is 10.9. The number of alkyl halides is 1. The van der Waals surface area contributed by atoms with Crippen LogP contribution in [-0.2, 0) is 10.8 Å². The van der Waals surface area contributed by atoms with Crippen molar-refractivity contribution in [3.63, 3.8) is 0 Å². The minimum atomic E-state index is -0.628. The average molecular weight is 253 g/mol. The predicted octanol–water partition coefficient (Wildman–Crippen LogP) is 2.57. The molecule has 0 aromatic rings. The van der Waals surface area contributed by atoms with Gasteiger partial charge in [-0.1, -0.05) is 29.8 Å². The molecular formula is C9H17BrOS. The molecule has 0 aromatic heterocycles. The molecule has 1 aliphatic rings. The minimum Gasteiger partial charge on any atom is -0.260 e. The molecule has 0 spiro atoms. The molecule has 0 radical (unpaired) electrons. The van der Waals surface area contributed by atoms with Crippen molar-refractivity contribution in [1.82, 2.24) is 0 Å². The third-order valence-electron chi connectivity index (χ3n) is 3.21. The van der Waals surface area contributed by atoms with Gasteiger partial charge in [0.05, 0.1) is 0 Å². The summed E-state index contributed by atoms with van der Waals surface area (Å²) in [4.78, 5) is 0. The first-order valence-electron chi connectivity index (χ1n) is 4.30. The lowest BCUT2D eigenvalue weighted by Crippen LogP contribution is -2.14. The van der Waals surface area contributed by atoms with E-state index in [1.165, 1.54) is 6.42 Å². The maximum Gasteiger partial charge on any atom is 0.0237 e. The number of halogens is 1. The van der Waals surface area contributed by atoms with Gasteiger partial charge >= 0.3 is 0 Å². The topological polar surface area (TPSA) is 17.1 Å². The molecule has 1 nitrogen and oxygen atoms in total. The van der Waals surface area contributed by atoms with Gasteiger partial charge in [-0.05, 0) is 23.7 Å².